The molecule has 5 heteroatoms. The van der Waals surface area contributed by atoms with E-state index in [1.807, 2.05) is 6.08 Å². The van der Waals surface area contributed by atoms with Gasteiger partial charge in [-0.3, -0.25) is 14.4 Å². The van der Waals surface area contributed by atoms with Gasteiger partial charge in [-0.1, -0.05) is 52.3 Å². The number of hydrogen-bond acceptors (Lipinski definition) is 5. The van der Waals surface area contributed by atoms with Gasteiger partial charge < -0.3 is 9.47 Å². The summed E-state index contributed by atoms with van der Waals surface area (Å²) in [6.07, 6.45) is 10.3. The van der Waals surface area contributed by atoms with Crippen LogP contribution in [0.1, 0.15) is 73.6 Å². The number of hydrogen-bond donors (Lipinski definition) is 0. The van der Waals surface area contributed by atoms with Crippen molar-refractivity contribution in [2.45, 2.75) is 79.8 Å². The van der Waals surface area contributed by atoms with E-state index in [0.29, 0.717) is 25.4 Å². The molecule has 33 heavy (non-hydrogen) atoms. The van der Waals surface area contributed by atoms with Crippen LogP contribution in [0.25, 0.3) is 0 Å². The van der Waals surface area contributed by atoms with Crippen LogP contribution in [0.15, 0.2) is 23.8 Å². The molecule has 0 radical (unpaired) electrons. The van der Waals surface area contributed by atoms with Gasteiger partial charge in [0.05, 0.1) is 13.0 Å². The number of cyclic esters (lactones) is 1. The fourth-order valence-electron chi connectivity index (χ4n) is 9.16. The highest BCUT2D eigenvalue weighted by Gasteiger charge is 2.68. The lowest BCUT2D eigenvalue weighted by Crippen LogP contribution is -2.64. The zero-order chi connectivity index (χ0) is 24.0. The molecule has 1 unspecified atom stereocenters. The minimum absolute atomic E-state index is 0.0325. The molecule has 0 spiro atoms. The Morgan fingerprint density at radius 2 is 1.85 bits per heavy atom. The van der Waals surface area contributed by atoms with E-state index in [1.54, 1.807) is 0 Å². The van der Waals surface area contributed by atoms with Crippen LogP contribution >= 0.6 is 0 Å². The summed E-state index contributed by atoms with van der Waals surface area (Å²) in [6, 6.07) is 0. The molecule has 5 nitrogen and oxygen atoms in total. The van der Waals surface area contributed by atoms with E-state index in [0.717, 1.165) is 19.3 Å². The molecule has 180 valence electrons. The number of ketones is 1. The number of fused-ring (bicyclic) bond motifs is 5. The zero-order valence-electron chi connectivity index (χ0n) is 20.9. The van der Waals surface area contributed by atoms with Crippen molar-refractivity contribution in [1.82, 2.24) is 0 Å². The van der Waals surface area contributed by atoms with Crippen LogP contribution < -0.4 is 0 Å². The molecule has 1 saturated heterocycles. The molecule has 0 aromatic carbocycles. The summed E-state index contributed by atoms with van der Waals surface area (Å²) in [5.74, 6) is 0.853. The number of carbonyl (C=O) groups is 3. The van der Waals surface area contributed by atoms with Gasteiger partial charge in [0.25, 0.3) is 0 Å². The number of carbonyl (C=O) groups excluding carboxylic acids is 3. The predicted molar refractivity (Wildman–Crippen MR) is 124 cm³/mol. The maximum absolute atomic E-state index is 12.9. The Morgan fingerprint density at radius 3 is 2.48 bits per heavy atom. The molecular formula is C28H38O5. The van der Waals surface area contributed by atoms with Crippen LogP contribution in [0, 0.1) is 45.3 Å². The van der Waals surface area contributed by atoms with Gasteiger partial charge in [0.1, 0.15) is 6.10 Å². The Kier molecular flexibility index (Phi) is 4.89. The first kappa shape index (κ1) is 22.9. The molecule has 5 rings (SSSR count). The van der Waals surface area contributed by atoms with E-state index < -0.39 is 5.41 Å². The maximum Gasteiger partial charge on any atom is 0.306 e. The van der Waals surface area contributed by atoms with Crippen LogP contribution in [0.4, 0.5) is 0 Å². The van der Waals surface area contributed by atoms with E-state index in [-0.39, 0.29) is 57.8 Å². The van der Waals surface area contributed by atoms with Crippen molar-refractivity contribution in [3.63, 3.8) is 0 Å². The topological polar surface area (TPSA) is 69.7 Å². The molecule has 0 amide bonds. The van der Waals surface area contributed by atoms with Crippen LogP contribution in [0.2, 0.25) is 0 Å². The van der Waals surface area contributed by atoms with Crippen molar-refractivity contribution in [3.8, 4) is 0 Å². The van der Waals surface area contributed by atoms with Gasteiger partial charge in [0, 0.05) is 23.7 Å². The van der Waals surface area contributed by atoms with Gasteiger partial charge in [-0.15, -0.1) is 0 Å². The first-order valence-corrected chi connectivity index (χ1v) is 12.6. The van der Waals surface area contributed by atoms with E-state index in [4.69, 9.17) is 9.47 Å². The molecule has 0 aromatic rings. The molecule has 8 atom stereocenters. The zero-order valence-corrected chi connectivity index (χ0v) is 20.9. The number of rotatable bonds is 2. The third-order valence-corrected chi connectivity index (χ3v) is 10.8. The third-order valence-electron chi connectivity index (χ3n) is 10.8. The molecule has 0 aromatic heterocycles. The standard InChI is InChI=1S/C28H38O5/c1-16(29)33-23-14-21-25(2,3)22(30)10-12-27(21,5)20-9-11-26(4)18(17-13-24(31)32-15-17)7-8-19(26)28(20,23)6/h8,10,12,17-18,20-21,23H,7,9,11,13-15H2,1-6H3/t17-,18-,20+,21?,23+,26-,27+,28-/m0/s1. The fourth-order valence-corrected chi connectivity index (χ4v) is 9.16. The average molecular weight is 455 g/mol. The minimum Gasteiger partial charge on any atom is -0.465 e. The van der Waals surface area contributed by atoms with E-state index >= 15 is 0 Å². The van der Waals surface area contributed by atoms with Gasteiger partial charge in [0.15, 0.2) is 5.78 Å². The minimum atomic E-state index is -0.488. The normalized spacial score (nSPS) is 47.8. The fraction of sp³-hybridized carbons (Fsp3) is 0.750. The lowest BCUT2D eigenvalue weighted by molar-refractivity contribution is -0.188. The second-order valence-electron chi connectivity index (χ2n) is 12.6. The van der Waals surface area contributed by atoms with Gasteiger partial charge in [-0.2, -0.15) is 0 Å². The molecule has 1 heterocycles. The van der Waals surface area contributed by atoms with Crippen LogP contribution in [0.5, 0.6) is 0 Å². The number of ether oxygens (including phenoxy) is 2. The quantitative estimate of drug-likeness (QED) is 0.432. The molecule has 3 fully saturated rings. The summed E-state index contributed by atoms with van der Waals surface area (Å²) in [7, 11) is 0. The first-order valence-electron chi connectivity index (χ1n) is 12.6. The predicted octanol–water partition coefficient (Wildman–Crippen LogP) is 5.04. The average Bonchev–Trinajstić information content (AvgIpc) is 3.30. The summed E-state index contributed by atoms with van der Waals surface area (Å²) in [6.45, 7) is 13.1. The third kappa shape index (κ3) is 2.93. The highest BCUT2D eigenvalue weighted by Crippen LogP contribution is 2.72. The molecular weight excluding hydrogens is 416 g/mol. The summed E-state index contributed by atoms with van der Waals surface area (Å²) < 4.78 is 11.5. The Labute approximate surface area is 197 Å². The summed E-state index contributed by atoms with van der Waals surface area (Å²) in [5.41, 5.74) is 0.441. The van der Waals surface area contributed by atoms with E-state index in [9.17, 15) is 14.4 Å². The molecule has 4 aliphatic carbocycles. The number of esters is 2. The lowest BCUT2D eigenvalue weighted by Gasteiger charge is -2.66. The Bertz CT molecular complexity index is 975. The summed E-state index contributed by atoms with van der Waals surface area (Å²) in [5, 5.41) is 0. The molecule has 0 bridgehead atoms. The Hall–Kier alpha value is -1.91. The monoisotopic (exact) mass is 454 g/mol. The van der Waals surface area contributed by atoms with Gasteiger partial charge in [0.2, 0.25) is 0 Å². The van der Waals surface area contributed by atoms with E-state index in [1.165, 1.54) is 12.5 Å². The van der Waals surface area contributed by atoms with Crippen LogP contribution in [-0.4, -0.2) is 30.4 Å². The highest BCUT2D eigenvalue weighted by atomic mass is 16.5. The SMILES string of the molecule is CC(=O)O[C@@H]1CC2C(C)(C)C(=O)C=C[C@]2(C)[C@H]2CC[C@]3(C)C(=CC[C@H]3[C@@H]3COC(=O)C3)[C@]12C. The van der Waals surface area contributed by atoms with Crippen molar-refractivity contribution in [2.75, 3.05) is 6.61 Å². The van der Waals surface area contributed by atoms with E-state index in [2.05, 4.69) is 46.8 Å². The van der Waals surface area contributed by atoms with Crippen molar-refractivity contribution in [2.24, 2.45) is 45.3 Å². The second kappa shape index (κ2) is 7.05. The van der Waals surface area contributed by atoms with Crippen LogP contribution in [0.3, 0.4) is 0 Å². The molecule has 5 aliphatic rings. The van der Waals surface area contributed by atoms with Gasteiger partial charge >= 0.3 is 11.9 Å². The summed E-state index contributed by atoms with van der Waals surface area (Å²) in [4.78, 5) is 37.1. The summed E-state index contributed by atoms with van der Waals surface area (Å²) >= 11 is 0. The molecule has 0 N–H and O–H groups in total. The van der Waals surface area contributed by atoms with Crippen molar-refractivity contribution in [3.05, 3.63) is 23.8 Å². The highest BCUT2D eigenvalue weighted by molar-refractivity contribution is 5.95. The molecule has 1 aliphatic heterocycles. The molecule has 2 saturated carbocycles. The smallest absolute Gasteiger partial charge is 0.306 e. The Morgan fingerprint density at radius 1 is 1.12 bits per heavy atom. The van der Waals surface area contributed by atoms with Gasteiger partial charge in [-0.25, -0.2) is 0 Å². The largest absolute Gasteiger partial charge is 0.465 e. The Balaban J connectivity index is 1.60. The van der Waals surface area contributed by atoms with Crippen molar-refractivity contribution in [1.29, 1.82) is 0 Å². The van der Waals surface area contributed by atoms with Crippen molar-refractivity contribution >= 4 is 17.7 Å². The number of allylic oxidation sites excluding steroid dienone is 3. The maximum atomic E-state index is 12.9. The van der Waals surface area contributed by atoms with Crippen LogP contribution in [-0.2, 0) is 23.9 Å². The first-order chi connectivity index (χ1) is 15.3. The lowest BCUT2D eigenvalue weighted by atomic mass is 9.38. The second-order valence-corrected chi connectivity index (χ2v) is 12.6. The van der Waals surface area contributed by atoms with Gasteiger partial charge in [-0.05, 0) is 60.3 Å². The van der Waals surface area contributed by atoms with Crippen molar-refractivity contribution < 1.29 is 23.9 Å².